The second-order valence-electron chi connectivity index (χ2n) is 6.11. The molecule has 0 aromatic heterocycles. The van der Waals surface area contributed by atoms with E-state index in [9.17, 15) is 9.90 Å². The molecule has 2 aromatic rings. The van der Waals surface area contributed by atoms with Gasteiger partial charge in [0.1, 0.15) is 5.75 Å². The molecule has 2 rings (SSSR count). The van der Waals surface area contributed by atoms with Gasteiger partial charge in [-0.2, -0.15) is 0 Å². The second-order valence-corrected chi connectivity index (χ2v) is 6.11. The van der Waals surface area contributed by atoms with Crippen LogP contribution in [0.1, 0.15) is 28.4 Å². The molecule has 0 spiro atoms. The molecular formula is C20H26N4O2. The topological polar surface area (TPSA) is 77.0 Å². The first-order chi connectivity index (χ1) is 12.5. The van der Waals surface area contributed by atoms with E-state index in [4.69, 9.17) is 0 Å². The van der Waals surface area contributed by atoms with Crippen LogP contribution in [0.25, 0.3) is 0 Å². The van der Waals surface area contributed by atoms with Crippen molar-refractivity contribution in [2.45, 2.75) is 20.0 Å². The van der Waals surface area contributed by atoms with Crippen LogP contribution in [0, 0.1) is 0 Å². The van der Waals surface area contributed by atoms with Crippen molar-refractivity contribution in [3.8, 4) is 5.75 Å². The summed E-state index contributed by atoms with van der Waals surface area (Å²) in [5.41, 5.74) is 2.76. The number of hydrogen-bond donors (Lipinski definition) is 3. The number of nitrogens with one attached hydrogen (secondary N) is 2. The molecule has 0 aliphatic heterocycles. The first-order valence-corrected chi connectivity index (χ1v) is 8.60. The molecular weight excluding hydrogens is 328 g/mol. The van der Waals surface area contributed by atoms with Crippen molar-refractivity contribution in [1.29, 1.82) is 0 Å². The van der Waals surface area contributed by atoms with Crippen LogP contribution in [0.3, 0.4) is 0 Å². The van der Waals surface area contributed by atoms with E-state index in [1.807, 2.05) is 43.3 Å². The number of benzene rings is 2. The van der Waals surface area contributed by atoms with Gasteiger partial charge in [-0.05, 0) is 42.3 Å². The van der Waals surface area contributed by atoms with Gasteiger partial charge in [-0.3, -0.25) is 4.79 Å². The highest BCUT2D eigenvalue weighted by Gasteiger charge is 2.07. The van der Waals surface area contributed by atoms with E-state index in [1.165, 1.54) is 0 Å². The summed E-state index contributed by atoms with van der Waals surface area (Å²) >= 11 is 0. The van der Waals surface area contributed by atoms with Crippen molar-refractivity contribution in [2.24, 2.45) is 4.99 Å². The number of hydrogen-bond acceptors (Lipinski definition) is 3. The molecule has 138 valence electrons. The van der Waals surface area contributed by atoms with Gasteiger partial charge in [-0.25, -0.2) is 4.99 Å². The zero-order valence-corrected chi connectivity index (χ0v) is 15.5. The predicted octanol–water partition coefficient (Wildman–Crippen LogP) is 2.35. The van der Waals surface area contributed by atoms with Gasteiger partial charge in [-0.1, -0.05) is 24.3 Å². The van der Waals surface area contributed by atoms with Crippen LogP contribution in [0.2, 0.25) is 0 Å². The quantitative estimate of drug-likeness (QED) is 0.550. The van der Waals surface area contributed by atoms with Crippen molar-refractivity contribution in [2.75, 3.05) is 20.6 Å². The number of aliphatic imine (C=N–C) groups is 1. The van der Waals surface area contributed by atoms with Gasteiger partial charge in [0.05, 0.1) is 6.54 Å². The fourth-order valence-electron chi connectivity index (χ4n) is 2.32. The average Bonchev–Trinajstić information content (AvgIpc) is 2.65. The molecule has 3 N–H and O–H groups in total. The van der Waals surface area contributed by atoms with Crippen LogP contribution < -0.4 is 10.6 Å². The number of carbonyl (C=O) groups excluding carboxylic acids is 1. The Labute approximate surface area is 154 Å². The summed E-state index contributed by atoms with van der Waals surface area (Å²) in [6, 6.07) is 14.6. The highest BCUT2D eigenvalue weighted by molar-refractivity contribution is 5.93. The SMILES string of the molecule is CCNC(=NCc1ccc(O)cc1)NCc1ccc(C(=O)N(C)C)cc1. The van der Waals surface area contributed by atoms with Gasteiger partial charge in [0, 0.05) is 32.7 Å². The number of amides is 1. The summed E-state index contributed by atoms with van der Waals surface area (Å²) in [5, 5.41) is 15.8. The van der Waals surface area contributed by atoms with Gasteiger partial charge in [0.25, 0.3) is 5.91 Å². The second kappa shape index (κ2) is 9.46. The Morgan fingerprint density at radius 2 is 1.62 bits per heavy atom. The Morgan fingerprint density at radius 1 is 1.00 bits per heavy atom. The third-order valence-corrected chi connectivity index (χ3v) is 3.77. The van der Waals surface area contributed by atoms with Gasteiger partial charge >= 0.3 is 0 Å². The van der Waals surface area contributed by atoms with E-state index >= 15 is 0 Å². The number of guanidine groups is 1. The molecule has 6 heteroatoms. The lowest BCUT2D eigenvalue weighted by Crippen LogP contribution is -2.36. The predicted molar refractivity (Wildman–Crippen MR) is 104 cm³/mol. The van der Waals surface area contributed by atoms with Crippen LogP contribution in [0.5, 0.6) is 5.75 Å². The maximum absolute atomic E-state index is 11.9. The summed E-state index contributed by atoms with van der Waals surface area (Å²) < 4.78 is 0. The molecule has 0 heterocycles. The van der Waals surface area contributed by atoms with E-state index in [2.05, 4.69) is 15.6 Å². The first-order valence-electron chi connectivity index (χ1n) is 8.60. The largest absolute Gasteiger partial charge is 0.508 e. The standard InChI is InChI=1S/C20H26N4O2/c1-4-21-20(23-14-16-7-11-18(25)12-8-16)22-13-15-5-9-17(10-6-15)19(26)24(2)3/h5-12,25H,4,13-14H2,1-3H3,(H2,21,22,23). The van der Waals surface area contributed by atoms with Crippen LogP contribution in [0.15, 0.2) is 53.5 Å². The Hall–Kier alpha value is -3.02. The summed E-state index contributed by atoms with van der Waals surface area (Å²) in [7, 11) is 3.48. The number of aromatic hydroxyl groups is 1. The van der Waals surface area contributed by atoms with Gasteiger partial charge in [0.2, 0.25) is 0 Å². The molecule has 0 unspecified atom stereocenters. The average molecular weight is 354 g/mol. The van der Waals surface area contributed by atoms with Crippen molar-refractivity contribution >= 4 is 11.9 Å². The zero-order valence-electron chi connectivity index (χ0n) is 15.5. The molecule has 0 saturated heterocycles. The molecule has 2 aromatic carbocycles. The van der Waals surface area contributed by atoms with Crippen molar-refractivity contribution < 1.29 is 9.90 Å². The fourth-order valence-corrected chi connectivity index (χ4v) is 2.32. The van der Waals surface area contributed by atoms with E-state index in [0.29, 0.717) is 24.6 Å². The third-order valence-electron chi connectivity index (χ3n) is 3.77. The van der Waals surface area contributed by atoms with Gasteiger partial charge in [0.15, 0.2) is 5.96 Å². The molecule has 6 nitrogen and oxygen atoms in total. The molecule has 0 fully saturated rings. The molecule has 0 bridgehead atoms. The van der Waals surface area contributed by atoms with Gasteiger partial charge < -0.3 is 20.6 Å². The molecule has 0 radical (unpaired) electrons. The summed E-state index contributed by atoms with van der Waals surface area (Å²) in [5.74, 6) is 0.960. The normalized spacial score (nSPS) is 11.1. The monoisotopic (exact) mass is 354 g/mol. The van der Waals surface area contributed by atoms with Crippen molar-refractivity contribution in [3.05, 3.63) is 65.2 Å². The summed E-state index contributed by atoms with van der Waals surface area (Å²) in [6.07, 6.45) is 0. The maximum Gasteiger partial charge on any atom is 0.253 e. The number of phenolic OH excluding ortho intramolecular Hbond substituents is 1. The molecule has 26 heavy (non-hydrogen) atoms. The van der Waals surface area contributed by atoms with Gasteiger partial charge in [-0.15, -0.1) is 0 Å². The molecule has 0 atom stereocenters. The molecule has 0 aliphatic rings. The number of carbonyl (C=O) groups is 1. The maximum atomic E-state index is 11.9. The Morgan fingerprint density at radius 3 is 2.19 bits per heavy atom. The Balaban J connectivity index is 1.96. The number of phenols is 1. The lowest BCUT2D eigenvalue weighted by Gasteiger charge is -2.13. The van der Waals surface area contributed by atoms with E-state index < -0.39 is 0 Å². The van der Waals surface area contributed by atoms with Crippen molar-refractivity contribution in [3.63, 3.8) is 0 Å². The molecule has 0 saturated carbocycles. The lowest BCUT2D eigenvalue weighted by molar-refractivity contribution is 0.0827. The highest BCUT2D eigenvalue weighted by atomic mass is 16.3. The molecule has 0 aliphatic carbocycles. The minimum atomic E-state index is -0.00620. The Kier molecular flexibility index (Phi) is 7.02. The fraction of sp³-hybridized carbons (Fsp3) is 0.300. The van der Waals surface area contributed by atoms with E-state index in [1.54, 1.807) is 31.1 Å². The summed E-state index contributed by atoms with van der Waals surface area (Å²) in [6.45, 7) is 3.90. The molecule has 1 amide bonds. The van der Waals surface area contributed by atoms with Crippen LogP contribution in [0.4, 0.5) is 0 Å². The number of rotatable bonds is 6. The third kappa shape index (κ3) is 5.81. The van der Waals surface area contributed by atoms with Crippen LogP contribution >= 0.6 is 0 Å². The lowest BCUT2D eigenvalue weighted by atomic mass is 10.1. The van der Waals surface area contributed by atoms with Crippen LogP contribution in [-0.2, 0) is 13.1 Å². The summed E-state index contributed by atoms with van der Waals surface area (Å²) in [4.78, 5) is 18.0. The zero-order chi connectivity index (χ0) is 18.9. The minimum Gasteiger partial charge on any atom is -0.508 e. The highest BCUT2D eigenvalue weighted by Crippen LogP contribution is 2.10. The number of nitrogens with zero attached hydrogens (tertiary/aromatic N) is 2. The van der Waals surface area contributed by atoms with E-state index in [-0.39, 0.29) is 11.7 Å². The Bertz CT molecular complexity index is 737. The van der Waals surface area contributed by atoms with Crippen LogP contribution in [-0.4, -0.2) is 42.5 Å². The minimum absolute atomic E-state index is 0.00620. The van der Waals surface area contributed by atoms with E-state index in [0.717, 1.165) is 17.7 Å². The van der Waals surface area contributed by atoms with Crippen molar-refractivity contribution in [1.82, 2.24) is 15.5 Å². The first kappa shape index (κ1) is 19.3. The smallest absolute Gasteiger partial charge is 0.253 e.